The average molecular weight is 342 g/mol. The molecule has 1 aromatic carbocycles. The number of carbonyl (C=O) groups is 1. The maximum atomic E-state index is 11.6. The lowest BCUT2D eigenvalue weighted by Crippen LogP contribution is -2.28. The van der Waals surface area contributed by atoms with E-state index in [0.29, 0.717) is 29.2 Å². The van der Waals surface area contributed by atoms with Crippen LogP contribution in [0.15, 0.2) is 29.4 Å². The Morgan fingerprint density at radius 2 is 2.32 bits per heavy atom. The standard InChI is InChI=1S/C13H16ClN5O2S/c1-21-6-5-16-11(20)8-22-13-18-17-12(19(13)15)9-3-2-4-10(14)7-9/h2-4,7H,5-6,8,15H2,1H3,(H,16,20). The second kappa shape index (κ2) is 8.02. The number of hydrogen-bond acceptors (Lipinski definition) is 6. The van der Waals surface area contributed by atoms with Crippen LogP contribution in [-0.4, -0.2) is 46.8 Å². The highest BCUT2D eigenvalue weighted by atomic mass is 35.5. The number of halogens is 1. The summed E-state index contributed by atoms with van der Waals surface area (Å²) < 4.78 is 6.20. The number of nitrogens with zero attached hydrogens (tertiary/aromatic N) is 3. The van der Waals surface area contributed by atoms with Crippen LogP contribution in [-0.2, 0) is 9.53 Å². The number of thioether (sulfide) groups is 1. The maximum Gasteiger partial charge on any atom is 0.230 e. The predicted octanol–water partition coefficient (Wildman–Crippen LogP) is 1.17. The summed E-state index contributed by atoms with van der Waals surface area (Å²) in [4.78, 5) is 11.6. The van der Waals surface area contributed by atoms with Gasteiger partial charge in [-0.3, -0.25) is 4.79 Å². The van der Waals surface area contributed by atoms with E-state index < -0.39 is 0 Å². The van der Waals surface area contributed by atoms with Crippen molar-refractivity contribution < 1.29 is 9.53 Å². The van der Waals surface area contributed by atoms with Gasteiger partial charge in [0.25, 0.3) is 0 Å². The minimum Gasteiger partial charge on any atom is -0.383 e. The fraction of sp³-hybridized carbons (Fsp3) is 0.308. The zero-order valence-electron chi connectivity index (χ0n) is 12.0. The van der Waals surface area contributed by atoms with E-state index in [0.717, 1.165) is 5.56 Å². The molecule has 0 bridgehead atoms. The Balaban J connectivity index is 1.98. The van der Waals surface area contributed by atoms with Crippen LogP contribution in [0.1, 0.15) is 0 Å². The fourth-order valence-corrected chi connectivity index (χ4v) is 2.55. The normalized spacial score (nSPS) is 10.6. The van der Waals surface area contributed by atoms with Gasteiger partial charge in [0, 0.05) is 24.2 Å². The molecule has 0 unspecified atom stereocenters. The largest absolute Gasteiger partial charge is 0.383 e. The molecule has 22 heavy (non-hydrogen) atoms. The molecular weight excluding hydrogens is 326 g/mol. The Bertz CT molecular complexity index is 649. The van der Waals surface area contributed by atoms with E-state index in [9.17, 15) is 4.79 Å². The monoisotopic (exact) mass is 341 g/mol. The van der Waals surface area contributed by atoms with Crippen molar-refractivity contribution in [1.82, 2.24) is 20.2 Å². The first-order chi connectivity index (χ1) is 10.6. The van der Waals surface area contributed by atoms with Crippen molar-refractivity contribution >= 4 is 29.3 Å². The molecule has 118 valence electrons. The molecule has 1 amide bonds. The number of hydrogen-bond donors (Lipinski definition) is 2. The summed E-state index contributed by atoms with van der Waals surface area (Å²) in [6, 6.07) is 7.16. The van der Waals surface area contributed by atoms with Gasteiger partial charge in [-0.25, -0.2) is 4.68 Å². The number of amides is 1. The van der Waals surface area contributed by atoms with Gasteiger partial charge in [0.1, 0.15) is 0 Å². The molecule has 1 heterocycles. The van der Waals surface area contributed by atoms with Crippen molar-refractivity contribution in [2.24, 2.45) is 0 Å². The number of nitrogens with one attached hydrogen (secondary N) is 1. The third kappa shape index (κ3) is 4.36. The zero-order chi connectivity index (χ0) is 15.9. The number of rotatable bonds is 7. The molecular formula is C13H16ClN5O2S. The SMILES string of the molecule is COCCNC(=O)CSc1nnc(-c2cccc(Cl)c2)n1N. The van der Waals surface area contributed by atoms with Gasteiger partial charge < -0.3 is 15.9 Å². The molecule has 9 heteroatoms. The summed E-state index contributed by atoms with van der Waals surface area (Å²) in [5.74, 6) is 6.55. The van der Waals surface area contributed by atoms with Crippen molar-refractivity contribution in [2.45, 2.75) is 5.16 Å². The third-order valence-corrected chi connectivity index (χ3v) is 3.89. The van der Waals surface area contributed by atoms with Crippen LogP contribution in [0.2, 0.25) is 5.02 Å². The number of nitrogen functional groups attached to an aromatic ring is 1. The lowest BCUT2D eigenvalue weighted by atomic mass is 10.2. The molecule has 0 aliphatic carbocycles. The lowest BCUT2D eigenvalue weighted by Gasteiger charge is -2.05. The number of benzene rings is 1. The quantitative estimate of drug-likeness (QED) is 0.446. The number of ether oxygens (including phenoxy) is 1. The van der Waals surface area contributed by atoms with Gasteiger partial charge in [-0.15, -0.1) is 10.2 Å². The van der Waals surface area contributed by atoms with Crippen LogP contribution >= 0.6 is 23.4 Å². The smallest absolute Gasteiger partial charge is 0.230 e. The molecule has 0 aliphatic rings. The Hall–Kier alpha value is -1.77. The van der Waals surface area contributed by atoms with Gasteiger partial charge in [-0.05, 0) is 12.1 Å². The molecule has 0 fully saturated rings. The first-order valence-electron chi connectivity index (χ1n) is 6.46. The van der Waals surface area contributed by atoms with Crippen LogP contribution in [0.5, 0.6) is 0 Å². The van der Waals surface area contributed by atoms with E-state index in [1.54, 1.807) is 19.2 Å². The summed E-state index contributed by atoms with van der Waals surface area (Å²) in [5.41, 5.74) is 0.763. The van der Waals surface area contributed by atoms with Crippen LogP contribution in [0.3, 0.4) is 0 Å². The molecule has 3 N–H and O–H groups in total. The van der Waals surface area contributed by atoms with E-state index in [-0.39, 0.29) is 11.7 Å². The number of carbonyl (C=O) groups excluding carboxylic acids is 1. The molecule has 0 radical (unpaired) electrons. The van der Waals surface area contributed by atoms with Crippen molar-refractivity contribution in [3.05, 3.63) is 29.3 Å². The number of nitrogens with two attached hydrogens (primary N) is 1. The first-order valence-corrected chi connectivity index (χ1v) is 7.83. The Kier molecular flexibility index (Phi) is 6.05. The van der Waals surface area contributed by atoms with E-state index in [4.69, 9.17) is 22.2 Å². The van der Waals surface area contributed by atoms with Crippen LogP contribution < -0.4 is 11.2 Å². The minimum atomic E-state index is -0.116. The molecule has 1 aromatic heterocycles. The van der Waals surface area contributed by atoms with Crippen molar-refractivity contribution in [1.29, 1.82) is 0 Å². The van der Waals surface area contributed by atoms with Gasteiger partial charge in [-0.2, -0.15) is 0 Å². The van der Waals surface area contributed by atoms with Gasteiger partial charge in [-0.1, -0.05) is 35.5 Å². The Morgan fingerprint density at radius 1 is 1.50 bits per heavy atom. The predicted molar refractivity (Wildman–Crippen MR) is 86.2 cm³/mol. The third-order valence-electron chi connectivity index (χ3n) is 2.71. The molecule has 7 nitrogen and oxygen atoms in total. The lowest BCUT2D eigenvalue weighted by molar-refractivity contribution is -0.118. The van der Waals surface area contributed by atoms with Crippen molar-refractivity contribution in [3.8, 4) is 11.4 Å². The second-order valence-corrected chi connectivity index (χ2v) is 5.70. The van der Waals surface area contributed by atoms with E-state index in [1.165, 1.54) is 16.4 Å². The average Bonchev–Trinajstić information content (AvgIpc) is 2.86. The molecule has 0 spiro atoms. The topological polar surface area (TPSA) is 95.1 Å². The molecule has 2 rings (SSSR count). The van der Waals surface area contributed by atoms with Gasteiger partial charge in [0.05, 0.1) is 12.4 Å². The summed E-state index contributed by atoms with van der Waals surface area (Å²) in [6.45, 7) is 0.946. The number of aromatic nitrogens is 3. The molecule has 0 saturated carbocycles. The van der Waals surface area contributed by atoms with Crippen molar-refractivity contribution in [3.63, 3.8) is 0 Å². The zero-order valence-corrected chi connectivity index (χ0v) is 13.5. The Labute approximate surface area is 137 Å². The highest BCUT2D eigenvalue weighted by molar-refractivity contribution is 7.99. The molecule has 0 aliphatic heterocycles. The summed E-state index contributed by atoms with van der Waals surface area (Å²) >= 11 is 7.16. The molecule has 0 atom stereocenters. The highest BCUT2D eigenvalue weighted by Gasteiger charge is 2.13. The van der Waals surface area contributed by atoms with Gasteiger partial charge >= 0.3 is 0 Å². The first kappa shape index (κ1) is 16.6. The van der Waals surface area contributed by atoms with Gasteiger partial charge in [0.15, 0.2) is 5.82 Å². The summed E-state index contributed by atoms with van der Waals surface area (Å²) in [6.07, 6.45) is 0. The van der Waals surface area contributed by atoms with Gasteiger partial charge in [0.2, 0.25) is 11.1 Å². The fourth-order valence-electron chi connectivity index (χ4n) is 1.67. The highest BCUT2D eigenvalue weighted by Crippen LogP contribution is 2.23. The Morgan fingerprint density at radius 3 is 3.05 bits per heavy atom. The maximum absolute atomic E-state index is 11.6. The molecule has 2 aromatic rings. The van der Waals surface area contributed by atoms with E-state index in [1.807, 2.05) is 12.1 Å². The summed E-state index contributed by atoms with van der Waals surface area (Å²) in [7, 11) is 1.58. The second-order valence-electron chi connectivity index (χ2n) is 4.32. The van der Waals surface area contributed by atoms with E-state index >= 15 is 0 Å². The molecule has 0 saturated heterocycles. The van der Waals surface area contributed by atoms with Crippen LogP contribution in [0.25, 0.3) is 11.4 Å². The van der Waals surface area contributed by atoms with Crippen LogP contribution in [0, 0.1) is 0 Å². The van der Waals surface area contributed by atoms with Crippen molar-refractivity contribution in [2.75, 3.05) is 31.9 Å². The minimum absolute atomic E-state index is 0.116. The summed E-state index contributed by atoms with van der Waals surface area (Å²) in [5, 5.41) is 11.8. The van der Waals surface area contributed by atoms with Crippen LogP contribution in [0.4, 0.5) is 0 Å². The van der Waals surface area contributed by atoms with E-state index in [2.05, 4.69) is 15.5 Å². The number of methoxy groups -OCH3 is 1.